The lowest BCUT2D eigenvalue weighted by Gasteiger charge is -2.48. The molecule has 3 heteroatoms. The second kappa shape index (κ2) is 3.50. The number of hydrogen-bond acceptors (Lipinski definition) is 3. The molecule has 3 rings (SSSR count). The maximum Gasteiger partial charge on any atom is 0.306 e. The van der Waals surface area contributed by atoms with Gasteiger partial charge in [-0.05, 0) is 30.1 Å². The zero-order valence-corrected chi connectivity index (χ0v) is 11.8. The summed E-state index contributed by atoms with van der Waals surface area (Å²) in [4.78, 5) is 11.7. The van der Waals surface area contributed by atoms with Gasteiger partial charge in [-0.2, -0.15) is 0 Å². The van der Waals surface area contributed by atoms with Gasteiger partial charge in [-0.3, -0.25) is 4.79 Å². The fraction of sp³-hybridized carbons (Fsp3) is 0.933. The van der Waals surface area contributed by atoms with Crippen LogP contribution in [0.15, 0.2) is 0 Å². The summed E-state index contributed by atoms with van der Waals surface area (Å²) < 4.78 is 5.53. The first-order valence-corrected chi connectivity index (χ1v) is 7.12. The van der Waals surface area contributed by atoms with Crippen LogP contribution in [0.1, 0.15) is 47.0 Å². The number of ether oxygens (including phenoxy) is 1. The minimum absolute atomic E-state index is 0.0613. The Labute approximate surface area is 109 Å². The monoisotopic (exact) mass is 252 g/mol. The molecule has 0 aromatic rings. The molecule has 0 radical (unpaired) electrons. The Morgan fingerprint density at radius 2 is 1.94 bits per heavy atom. The van der Waals surface area contributed by atoms with Crippen LogP contribution in [0.2, 0.25) is 0 Å². The van der Waals surface area contributed by atoms with E-state index in [-0.39, 0.29) is 34.9 Å². The summed E-state index contributed by atoms with van der Waals surface area (Å²) in [6, 6.07) is 0. The van der Waals surface area contributed by atoms with Crippen molar-refractivity contribution in [1.29, 1.82) is 0 Å². The number of aliphatic hydroxyl groups is 1. The number of fused-ring (bicyclic) bond motifs is 3. The SMILES string of the molecule is C[C@H]1[C@H](O)[C@H]2CC(C)(C)C[C@H]2[C@]2(C)CC(=O)O[C@H]12. The molecule has 1 heterocycles. The van der Waals surface area contributed by atoms with E-state index in [1.165, 1.54) is 0 Å². The molecule has 2 saturated carbocycles. The molecule has 0 unspecified atom stereocenters. The first-order valence-electron chi connectivity index (χ1n) is 7.12. The van der Waals surface area contributed by atoms with Crippen LogP contribution < -0.4 is 0 Å². The van der Waals surface area contributed by atoms with Crippen molar-refractivity contribution in [3.8, 4) is 0 Å². The summed E-state index contributed by atoms with van der Waals surface area (Å²) in [6.45, 7) is 8.79. The second-order valence-electron chi connectivity index (χ2n) is 7.79. The molecular weight excluding hydrogens is 228 g/mol. The van der Waals surface area contributed by atoms with Gasteiger partial charge < -0.3 is 9.84 Å². The van der Waals surface area contributed by atoms with Crippen LogP contribution in [0.25, 0.3) is 0 Å². The highest BCUT2D eigenvalue weighted by Crippen LogP contribution is 2.62. The Hall–Kier alpha value is -0.570. The topological polar surface area (TPSA) is 46.5 Å². The average molecular weight is 252 g/mol. The third-order valence-electron chi connectivity index (χ3n) is 5.81. The average Bonchev–Trinajstić information content (AvgIpc) is 2.74. The van der Waals surface area contributed by atoms with Gasteiger partial charge in [0.25, 0.3) is 0 Å². The molecule has 3 nitrogen and oxygen atoms in total. The normalized spacial score (nSPS) is 53.8. The number of hydrogen-bond donors (Lipinski definition) is 1. The quantitative estimate of drug-likeness (QED) is 0.673. The number of rotatable bonds is 0. The van der Waals surface area contributed by atoms with Crippen LogP contribution in [0.5, 0.6) is 0 Å². The van der Waals surface area contributed by atoms with Gasteiger partial charge in [-0.25, -0.2) is 0 Å². The first kappa shape index (κ1) is 12.5. The summed E-state index contributed by atoms with van der Waals surface area (Å²) in [5.74, 6) is 0.754. The summed E-state index contributed by atoms with van der Waals surface area (Å²) >= 11 is 0. The molecule has 1 saturated heterocycles. The van der Waals surface area contributed by atoms with E-state index in [4.69, 9.17) is 4.74 Å². The van der Waals surface area contributed by atoms with Gasteiger partial charge in [0.2, 0.25) is 0 Å². The standard InChI is InChI=1S/C15H24O3/c1-8-12(17)9-5-14(2,3)6-10(9)15(4)7-11(16)18-13(8)15/h8-10,12-13,17H,5-7H2,1-4H3/t8-,9-,10+,12-,13+,15-/m0/s1. The van der Waals surface area contributed by atoms with Gasteiger partial charge in [0.05, 0.1) is 12.5 Å². The summed E-state index contributed by atoms with van der Waals surface area (Å²) in [5, 5.41) is 10.5. The van der Waals surface area contributed by atoms with E-state index in [9.17, 15) is 9.90 Å². The highest BCUT2D eigenvalue weighted by atomic mass is 16.6. The maximum absolute atomic E-state index is 11.7. The summed E-state index contributed by atoms with van der Waals surface area (Å²) in [6.07, 6.45) is 2.30. The Morgan fingerprint density at radius 3 is 2.61 bits per heavy atom. The van der Waals surface area contributed by atoms with Crippen molar-refractivity contribution < 1.29 is 14.6 Å². The van der Waals surface area contributed by atoms with Crippen LogP contribution >= 0.6 is 0 Å². The predicted octanol–water partition coefficient (Wildman–Crippen LogP) is 2.37. The van der Waals surface area contributed by atoms with Crippen molar-refractivity contribution in [2.24, 2.45) is 28.6 Å². The number of aliphatic hydroxyl groups excluding tert-OH is 1. The van der Waals surface area contributed by atoms with E-state index < -0.39 is 0 Å². The van der Waals surface area contributed by atoms with Crippen molar-refractivity contribution in [3.63, 3.8) is 0 Å². The molecule has 1 aliphatic heterocycles. The minimum Gasteiger partial charge on any atom is -0.461 e. The van der Waals surface area contributed by atoms with E-state index in [2.05, 4.69) is 20.8 Å². The molecule has 6 atom stereocenters. The molecule has 0 aromatic heterocycles. The summed E-state index contributed by atoms with van der Waals surface area (Å²) in [7, 11) is 0. The third kappa shape index (κ3) is 1.49. The van der Waals surface area contributed by atoms with Crippen molar-refractivity contribution in [2.45, 2.75) is 59.2 Å². The summed E-state index contributed by atoms with van der Waals surface area (Å²) in [5.41, 5.74) is 0.216. The van der Waals surface area contributed by atoms with E-state index >= 15 is 0 Å². The van der Waals surface area contributed by atoms with E-state index in [1.54, 1.807) is 0 Å². The van der Waals surface area contributed by atoms with Crippen molar-refractivity contribution >= 4 is 5.97 Å². The fourth-order valence-electron chi connectivity index (χ4n) is 5.04. The van der Waals surface area contributed by atoms with Crippen molar-refractivity contribution in [3.05, 3.63) is 0 Å². The molecule has 18 heavy (non-hydrogen) atoms. The molecule has 102 valence electrons. The van der Waals surface area contributed by atoms with E-state index in [0.717, 1.165) is 12.8 Å². The van der Waals surface area contributed by atoms with Gasteiger partial charge in [0, 0.05) is 11.3 Å². The van der Waals surface area contributed by atoms with Gasteiger partial charge in [-0.15, -0.1) is 0 Å². The fourth-order valence-corrected chi connectivity index (χ4v) is 5.04. The van der Waals surface area contributed by atoms with Crippen molar-refractivity contribution in [1.82, 2.24) is 0 Å². The van der Waals surface area contributed by atoms with Gasteiger partial charge in [0.1, 0.15) is 6.10 Å². The largest absolute Gasteiger partial charge is 0.461 e. The lowest BCUT2D eigenvalue weighted by atomic mass is 9.57. The van der Waals surface area contributed by atoms with Crippen LogP contribution in [0.4, 0.5) is 0 Å². The van der Waals surface area contributed by atoms with Crippen LogP contribution in [0.3, 0.4) is 0 Å². The molecule has 0 spiro atoms. The second-order valence-corrected chi connectivity index (χ2v) is 7.79. The molecule has 1 N–H and O–H groups in total. The highest BCUT2D eigenvalue weighted by molar-refractivity contribution is 5.73. The predicted molar refractivity (Wildman–Crippen MR) is 67.8 cm³/mol. The molecule has 3 fully saturated rings. The minimum atomic E-state index is -0.319. The number of carbonyl (C=O) groups excluding carboxylic acids is 1. The Morgan fingerprint density at radius 1 is 1.28 bits per heavy atom. The van der Waals surface area contributed by atoms with Gasteiger partial charge >= 0.3 is 5.97 Å². The van der Waals surface area contributed by atoms with Crippen LogP contribution in [-0.4, -0.2) is 23.3 Å². The molecular formula is C15H24O3. The molecule has 0 aromatic carbocycles. The molecule has 2 aliphatic carbocycles. The Bertz CT molecular complexity index is 389. The van der Waals surface area contributed by atoms with Gasteiger partial charge in [-0.1, -0.05) is 27.7 Å². The third-order valence-corrected chi connectivity index (χ3v) is 5.81. The van der Waals surface area contributed by atoms with Gasteiger partial charge in [0.15, 0.2) is 0 Å². The van der Waals surface area contributed by atoms with Crippen LogP contribution in [0, 0.1) is 28.6 Å². The highest BCUT2D eigenvalue weighted by Gasteiger charge is 2.63. The molecule has 0 amide bonds. The van der Waals surface area contributed by atoms with E-state index in [1.807, 2.05) is 6.92 Å². The van der Waals surface area contributed by atoms with Crippen molar-refractivity contribution in [2.75, 3.05) is 0 Å². The maximum atomic E-state index is 11.7. The lowest BCUT2D eigenvalue weighted by molar-refractivity contribution is -0.155. The lowest BCUT2D eigenvalue weighted by Crippen LogP contribution is -2.53. The zero-order chi connectivity index (χ0) is 13.3. The Kier molecular flexibility index (Phi) is 2.42. The molecule has 3 aliphatic rings. The van der Waals surface area contributed by atoms with Crippen LogP contribution in [-0.2, 0) is 9.53 Å². The Balaban J connectivity index is 2.01. The molecule has 0 bridgehead atoms. The zero-order valence-electron chi connectivity index (χ0n) is 11.8. The number of esters is 1. The van der Waals surface area contributed by atoms with E-state index in [0.29, 0.717) is 18.3 Å². The smallest absolute Gasteiger partial charge is 0.306 e. The first-order chi connectivity index (χ1) is 8.24. The number of carbonyl (C=O) groups is 1.